The molecule has 0 aliphatic carbocycles. The van der Waals surface area contributed by atoms with Gasteiger partial charge in [0.2, 0.25) is 5.89 Å². The van der Waals surface area contributed by atoms with E-state index in [2.05, 4.69) is 25.8 Å². The molecule has 0 unspecified atom stereocenters. The summed E-state index contributed by atoms with van der Waals surface area (Å²) in [4.78, 5) is 21.4. The second-order valence-electron chi connectivity index (χ2n) is 5.01. The fraction of sp³-hybridized carbons (Fsp3) is 0.571. The minimum Gasteiger partial charge on any atom is -0.339 e. The van der Waals surface area contributed by atoms with E-state index >= 15 is 0 Å². The van der Waals surface area contributed by atoms with E-state index in [9.17, 15) is 4.79 Å². The molecule has 22 heavy (non-hydrogen) atoms. The first-order valence-electron chi connectivity index (χ1n) is 7.28. The van der Waals surface area contributed by atoms with Gasteiger partial charge < -0.3 is 15.2 Å². The van der Waals surface area contributed by atoms with Crippen LogP contribution in [0.25, 0.3) is 0 Å². The van der Waals surface area contributed by atoms with Gasteiger partial charge in [-0.1, -0.05) is 5.16 Å². The summed E-state index contributed by atoms with van der Waals surface area (Å²) in [6.45, 7) is 6.96. The summed E-state index contributed by atoms with van der Waals surface area (Å²) < 4.78 is 5.00. The van der Waals surface area contributed by atoms with Crippen LogP contribution in [-0.2, 0) is 12.8 Å². The highest BCUT2D eigenvalue weighted by atomic mass is 32.1. The molecule has 0 spiro atoms. The fourth-order valence-electron chi connectivity index (χ4n) is 2.04. The quantitative estimate of drug-likeness (QED) is 0.759. The van der Waals surface area contributed by atoms with Crippen molar-refractivity contribution in [3.8, 4) is 0 Å². The van der Waals surface area contributed by atoms with Crippen LogP contribution in [-0.4, -0.2) is 34.2 Å². The van der Waals surface area contributed by atoms with Crippen LogP contribution in [0, 0.1) is 20.8 Å². The van der Waals surface area contributed by atoms with Crippen molar-refractivity contribution in [3.05, 3.63) is 27.3 Å². The summed E-state index contributed by atoms with van der Waals surface area (Å²) in [5.41, 5.74) is 1.06. The van der Waals surface area contributed by atoms with Crippen LogP contribution in [0.3, 0.4) is 0 Å². The van der Waals surface area contributed by atoms with E-state index in [1.54, 1.807) is 18.3 Å². The molecule has 0 aliphatic heterocycles. The summed E-state index contributed by atoms with van der Waals surface area (Å²) in [5, 5.41) is 10.4. The SMILES string of the molecule is Cc1noc(CCCNC(=O)NCCc2sc(C)nc2C)n1. The zero-order valence-electron chi connectivity index (χ0n) is 13.1. The minimum absolute atomic E-state index is 0.152. The van der Waals surface area contributed by atoms with Crippen molar-refractivity contribution in [3.63, 3.8) is 0 Å². The molecular formula is C14H21N5O2S. The third-order valence-corrected chi connectivity index (χ3v) is 4.19. The Hall–Kier alpha value is -1.96. The van der Waals surface area contributed by atoms with E-state index in [4.69, 9.17) is 4.52 Å². The predicted octanol–water partition coefficient (Wildman–Crippen LogP) is 1.93. The number of thiazole rings is 1. The molecule has 0 bridgehead atoms. The number of urea groups is 1. The standard InChI is InChI=1S/C14H21N5O2S/c1-9-12(22-11(3)17-9)6-8-16-14(20)15-7-4-5-13-18-10(2)19-21-13/h4-8H2,1-3H3,(H2,15,16,20). The van der Waals surface area contributed by atoms with Crippen LogP contribution in [0.15, 0.2) is 4.52 Å². The molecule has 0 aromatic carbocycles. The molecule has 7 nitrogen and oxygen atoms in total. The lowest BCUT2D eigenvalue weighted by molar-refractivity contribution is 0.240. The highest BCUT2D eigenvalue weighted by Crippen LogP contribution is 2.16. The van der Waals surface area contributed by atoms with E-state index in [0.29, 0.717) is 31.2 Å². The number of aryl methyl sites for hydroxylation is 4. The first-order valence-corrected chi connectivity index (χ1v) is 8.10. The second-order valence-corrected chi connectivity index (χ2v) is 6.30. The molecule has 2 amide bonds. The normalized spacial score (nSPS) is 10.7. The first-order chi connectivity index (χ1) is 10.5. The molecule has 2 rings (SSSR count). The summed E-state index contributed by atoms with van der Waals surface area (Å²) >= 11 is 1.68. The van der Waals surface area contributed by atoms with E-state index in [1.165, 1.54) is 4.88 Å². The Morgan fingerprint density at radius 3 is 2.55 bits per heavy atom. The average Bonchev–Trinajstić information content (AvgIpc) is 3.01. The Morgan fingerprint density at radius 2 is 1.91 bits per heavy atom. The Balaban J connectivity index is 1.57. The molecule has 0 atom stereocenters. The maximum atomic E-state index is 11.7. The molecule has 2 N–H and O–H groups in total. The number of carbonyl (C=O) groups excluding carboxylic acids is 1. The van der Waals surface area contributed by atoms with Crippen LogP contribution in [0.5, 0.6) is 0 Å². The molecule has 0 fully saturated rings. The van der Waals surface area contributed by atoms with E-state index in [-0.39, 0.29) is 6.03 Å². The van der Waals surface area contributed by atoms with Gasteiger partial charge in [0.05, 0.1) is 10.7 Å². The summed E-state index contributed by atoms with van der Waals surface area (Å²) in [5.74, 6) is 1.24. The molecule has 8 heteroatoms. The lowest BCUT2D eigenvalue weighted by Crippen LogP contribution is -2.37. The zero-order valence-corrected chi connectivity index (χ0v) is 13.9. The summed E-state index contributed by atoms with van der Waals surface area (Å²) in [6, 6.07) is -0.152. The van der Waals surface area contributed by atoms with Gasteiger partial charge in [0.25, 0.3) is 0 Å². The highest BCUT2D eigenvalue weighted by molar-refractivity contribution is 7.11. The van der Waals surface area contributed by atoms with E-state index in [1.807, 2.05) is 13.8 Å². The van der Waals surface area contributed by atoms with Crippen LogP contribution >= 0.6 is 11.3 Å². The van der Waals surface area contributed by atoms with Gasteiger partial charge in [-0.3, -0.25) is 0 Å². The maximum Gasteiger partial charge on any atom is 0.314 e. The van der Waals surface area contributed by atoms with Crippen LogP contribution in [0.2, 0.25) is 0 Å². The number of nitrogens with zero attached hydrogens (tertiary/aromatic N) is 3. The van der Waals surface area contributed by atoms with Crippen LogP contribution in [0.1, 0.15) is 33.7 Å². The third kappa shape index (κ3) is 5.10. The van der Waals surface area contributed by atoms with Crippen molar-refractivity contribution >= 4 is 17.4 Å². The second kappa shape index (κ2) is 7.88. The van der Waals surface area contributed by atoms with Gasteiger partial charge in [0.1, 0.15) is 0 Å². The van der Waals surface area contributed by atoms with Crippen molar-refractivity contribution in [2.45, 2.75) is 40.0 Å². The fourth-order valence-corrected chi connectivity index (χ4v) is 2.98. The molecule has 0 radical (unpaired) electrons. The average molecular weight is 323 g/mol. The molecule has 2 aromatic heterocycles. The smallest absolute Gasteiger partial charge is 0.314 e. The largest absolute Gasteiger partial charge is 0.339 e. The molecule has 2 heterocycles. The van der Waals surface area contributed by atoms with Crippen LogP contribution < -0.4 is 10.6 Å². The van der Waals surface area contributed by atoms with Gasteiger partial charge in [0.15, 0.2) is 5.82 Å². The molecule has 0 saturated carbocycles. The molecule has 2 aromatic rings. The molecule has 0 aliphatic rings. The first kappa shape index (κ1) is 16.4. The lowest BCUT2D eigenvalue weighted by atomic mass is 10.3. The molecule has 120 valence electrons. The Kier molecular flexibility index (Phi) is 5.88. The number of aromatic nitrogens is 3. The van der Waals surface area contributed by atoms with Gasteiger partial charge in [-0.15, -0.1) is 11.3 Å². The Bertz CT molecular complexity index is 623. The van der Waals surface area contributed by atoms with Gasteiger partial charge in [0, 0.05) is 30.8 Å². The van der Waals surface area contributed by atoms with Gasteiger partial charge >= 0.3 is 6.03 Å². The van der Waals surface area contributed by atoms with Crippen molar-refractivity contribution in [2.24, 2.45) is 0 Å². The van der Waals surface area contributed by atoms with Crippen molar-refractivity contribution < 1.29 is 9.32 Å². The van der Waals surface area contributed by atoms with Gasteiger partial charge in [-0.2, -0.15) is 4.98 Å². The summed E-state index contributed by atoms with van der Waals surface area (Å²) in [6.07, 6.45) is 2.24. The van der Waals surface area contributed by atoms with Crippen molar-refractivity contribution in [1.82, 2.24) is 25.8 Å². The topological polar surface area (TPSA) is 92.9 Å². The van der Waals surface area contributed by atoms with Crippen LogP contribution in [0.4, 0.5) is 4.79 Å². The minimum atomic E-state index is -0.152. The number of nitrogens with one attached hydrogen (secondary N) is 2. The Morgan fingerprint density at radius 1 is 1.14 bits per heavy atom. The number of carbonyl (C=O) groups is 1. The molecule has 0 saturated heterocycles. The highest BCUT2D eigenvalue weighted by Gasteiger charge is 2.06. The van der Waals surface area contributed by atoms with E-state index in [0.717, 1.165) is 23.5 Å². The maximum absolute atomic E-state index is 11.7. The van der Waals surface area contributed by atoms with Crippen molar-refractivity contribution in [1.29, 1.82) is 0 Å². The number of hydrogen-bond donors (Lipinski definition) is 2. The summed E-state index contributed by atoms with van der Waals surface area (Å²) in [7, 11) is 0. The zero-order chi connectivity index (χ0) is 15.9. The molecular weight excluding hydrogens is 302 g/mol. The number of amides is 2. The number of hydrogen-bond acceptors (Lipinski definition) is 6. The number of rotatable bonds is 7. The van der Waals surface area contributed by atoms with E-state index < -0.39 is 0 Å². The third-order valence-electron chi connectivity index (χ3n) is 3.06. The van der Waals surface area contributed by atoms with Gasteiger partial charge in [-0.05, 0) is 27.2 Å². The van der Waals surface area contributed by atoms with Crippen molar-refractivity contribution in [2.75, 3.05) is 13.1 Å². The lowest BCUT2D eigenvalue weighted by Gasteiger charge is -2.06. The predicted molar refractivity (Wildman–Crippen MR) is 84.0 cm³/mol. The Labute approximate surface area is 133 Å². The monoisotopic (exact) mass is 323 g/mol. The van der Waals surface area contributed by atoms with Gasteiger partial charge in [-0.25, -0.2) is 9.78 Å².